The molecule has 1 fully saturated rings. The molecule has 1 aliphatic heterocycles. The number of aromatic nitrogens is 2. The van der Waals surface area contributed by atoms with E-state index in [4.69, 9.17) is 4.74 Å². The lowest BCUT2D eigenvalue weighted by molar-refractivity contribution is 0.0388. The van der Waals surface area contributed by atoms with Gasteiger partial charge in [0.1, 0.15) is 5.82 Å². The first kappa shape index (κ1) is 31.2. The second kappa shape index (κ2) is 13.6. The van der Waals surface area contributed by atoms with Crippen LogP contribution in [0.25, 0.3) is 10.9 Å². The Morgan fingerprint density at radius 1 is 1.05 bits per heavy atom. The van der Waals surface area contributed by atoms with Crippen LogP contribution in [0, 0.1) is 0 Å². The minimum atomic E-state index is -0.874. The SMILES string of the molecule is CNC(=O)n1ccc2cc(N(CCC(C)(C)O)c3ccnc(NC(=O)c4ccc(CN5CCC(OC)CC5)cc4)c3)ccc21. The zero-order valence-corrected chi connectivity index (χ0v) is 25.9. The number of rotatable bonds is 10. The Labute approximate surface area is 258 Å². The summed E-state index contributed by atoms with van der Waals surface area (Å²) in [5.41, 5.74) is 3.35. The number of likely N-dealkylation sites (tertiary alicyclic amines) is 1. The third-order valence-electron chi connectivity index (χ3n) is 8.15. The average molecular weight is 599 g/mol. The third kappa shape index (κ3) is 7.63. The monoisotopic (exact) mass is 598 g/mol. The molecule has 3 heterocycles. The predicted octanol–water partition coefficient (Wildman–Crippen LogP) is 5.39. The first-order valence-electron chi connectivity index (χ1n) is 15.1. The molecule has 4 aromatic rings. The zero-order chi connectivity index (χ0) is 31.3. The van der Waals surface area contributed by atoms with Crippen LogP contribution in [0.5, 0.6) is 0 Å². The quantitative estimate of drug-likeness (QED) is 0.225. The Morgan fingerprint density at radius 3 is 2.45 bits per heavy atom. The van der Waals surface area contributed by atoms with Gasteiger partial charge >= 0.3 is 6.03 Å². The van der Waals surface area contributed by atoms with E-state index in [0.717, 1.165) is 54.8 Å². The van der Waals surface area contributed by atoms with E-state index in [1.807, 2.05) is 60.7 Å². The molecule has 0 bridgehead atoms. The number of hydrogen-bond donors (Lipinski definition) is 3. The number of carbonyl (C=O) groups excluding carboxylic acids is 2. The molecule has 0 aliphatic carbocycles. The Kier molecular flexibility index (Phi) is 9.63. The molecule has 2 aromatic heterocycles. The summed E-state index contributed by atoms with van der Waals surface area (Å²) in [6.07, 6.45) is 6.34. The molecular formula is C34H42N6O4. The van der Waals surface area contributed by atoms with Crippen molar-refractivity contribution in [1.82, 2.24) is 19.8 Å². The lowest BCUT2D eigenvalue weighted by atomic mass is 10.0. The van der Waals surface area contributed by atoms with Gasteiger partial charge < -0.3 is 25.4 Å². The normalized spacial score (nSPS) is 14.5. The highest BCUT2D eigenvalue weighted by Gasteiger charge is 2.20. The Hall–Kier alpha value is -4.25. The van der Waals surface area contributed by atoms with E-state index >= 15 is 0 Å². The topological polar surface area (TPSA) is 112 Å². The molecule has 5 rings (SSSR count). The zero-order valence-electron chi connectivity index (χ0n) is 25.9. The van der Waals surface area contributed by atoms with Gasteiger partial charge in [0.15, 0.2) is 0 Å². The molecular weight excluding hydrogens is 556 g/mol. The van der Waals surface area contributed by atoms with Crippen LogP contribution < -0.4 is 15.5 Å². The number of nitrogens with one attached hydrogen (secondary N) is 2. The van der Waals surface area contributed by atoms with Gasteiger partial charge in [0, 0.05) is 81.1 Å². The maximum atomic E-state index is 13.2. The highest BCUT2D eigenvalue weighted by molar-refractivity contribution is 6.04. The largest absolute Gasteiger partial charge is 0.390 e. The summed E-state index contributed by atoms with van der Waals surface area (Å²) in [6.45, 7) is 6.95. The summed E-state index contributed by atoms with van der Waals surface area (Å²) in [4.78, 5) is 34.3. The van der Waals surface area contributed by atoms with Crippen LogP contribution >= 0.6 is 0 Å². The highest BCUT2D eigenvalue weighted by atomic mass is 16.5. The first-order valence-corrected chi connectivity index (χ1v) is 15.1. The second-order valence-corrected chi connectivity index (χ2v) is 12.0. The molecule has 0 radical (unpaired) electrons. The molecule has 3 N–H and O–H groups in total. The first-order chi connectivity index (χ1) is 21.1. The molecule has 0 spiro atoms. The number of amides is 2. The van der Waals surface area contributed by atoms with Crippen molar-refractivity contribution in [2.75, 3.05) is 44.0 Å². The lowest BCUT2D eigenvalue weighted by Gasteiger charge is -2.31. The Balaban J connectivity index is 1.31. The van der Waals surface area contributed by atoms with Crippen molar-refractivity contribution in [3.8, 4) is 0 Å². The van der Waals surface area contributed by atoms with E-state index in [1.165, 1.54) is 5.56 Å². The number of ether oxygens (including phenoxy) is 1. The van der Waals surface area contributed by atoms with Crippen molar-refractivity contribution in [2.24, 2.45) is 0 Å². The predicted molar refractivity (Wildman–Crippen MR) is 174 cm³/mol. The number of methoxy groups -OCH3 is 1. The van der Waals surface area contributed by atoms with Crippen molar-refractivity contribution in [1.29, 1.82) is 0 Å². The van der Waals surface area contributed by atoms with Crippen LogP contribution in [-0.4, -0.2) is 77.0 Å². The number of fused-ring (bicyclic) bond motifs is 1. The number of benzene rings is 2. The molecule has 232 valence electrons. The minimum absolute atomic E-state index is 0.210. The minimum Gasteiger partial charge on any atom is -0.390 e. The van der Waals surface area contributed by atoms with Crippen LogP contribution in [0.3, 0.4) is 0 Å². The van der Waals surface area contributed by atoms with E-state index in [1.54, 1.807) is 45.0 Å². The van der Waals surface area contributed by atoms with Crippen molar-refractivity contribution >= 4 is 40.0 Å². The fraction of sp³-hybridized carbons (Fsp3) is 0.382. The maximum Gasteiger partial charge on any atom is 0.325 e. The third-order valence-corrected chi connectivity index (χ3v) is 8.15. The summed E-state index contributed by atoms with van der Waals surface area (Å²) in [7, 11) is 3.38. The molecule has 0 atom stereocenters. The van der Waals surface area contributed by atoms with Gasteiger partial charge in [0.05, 0.1) is 17.2 Å². The van der Waals surface area contributed by atoms with E-state index in [2.05, 4.69) is 25.4 Å². The maximum absolute atomic E-state index is 13.2. The number of aliphatic hydroxyl groups is 1. The van der Waals surface area contributed by atoms with Gasteiger partial charge in [0.2, 0.25) is 0 Å². The standard InChI is InChI=1S/C34H42N6O4/c1-34(2,43)15-20-39(27-9-10-30-26(21-27)12-19-40(30)33(42)35-3)28-11-16-36-31(22-28)37-32(41)25-7-5-24(6-8-25)23-38-17-13-29(44-4)14-18-38/h5-12,16,19,21-22,29,43H,13-15,17-18,20,23H2,1-4H3,(H,35,42)(H,36,37,41). The highest BCUT2D eigenvalue weighted by Crippen LogP contribution is 2.31. The number of piperidine rings is 1. The number of pyridine rings is 1. The summed E-state index contributed by atoms with van der Waals surface area (Å²) in [5, 5.41) is 17.0. The van der Waals surface area contributed by atoms with Gasteiger partial charge in [0.25, 0.3) is 5.91 Å². The average Bonchev–Trinajstić information content (AvgIpc) is 3.45. The molecule has 10 heteroatoms. The lowest BCUT2D eigenvalue weighted by Crippen LogP contribution is -2.36. The number of carbonyl (C=O) groups is 2. The van der Waals surface area contributed by atoms with Crippen LogP contribution in [0.15, 0.2) is 73.1 Å². The van der Waals surface area contributed by atoms with Crippen molar-refractivity contribution in [3.05, 3.63) is 84.2 Å². The molecule has 1 aliphatic rings. The molecule has 2 amide bonds. The molecule has 44 heavy (non-hydrogen) atoms. The Morgan fingerprint density at radius 2 is 1.77 bits per heavy atom. The van der Waals surface area contributed by atoms with Crippen molar-refractivity contribution in [3.63, 3.8) is 0 Å². The fourth-order valence-electron chi connectivity index (χ4n) is 5.56. The van der Waals surface area contributed by atoms with Crippen LogP contribution in [0.4, 0.5) is 22.0 Å². The number of nitrogens with zero attached hydrogens (tertiary/aromatic N) is 4. The van der Waals surface area contributed by atoms with Gasteiger partial charge in [-0.15, -0.1) is 0 Å². The smallest absolute Gasteiger partial charge is 0.325 e. The Bertz CT molecular complexity index is 1590. The number of anilines is 3. The van der Waals surface area contributed by atoms with Gasteiger partial charge in [-0.25, -0.2) is 9.78 Å². The van der Waals surface area contributed by atoms with Crippen LogP contribution in [0.1, 0.15) is 49.0 Å². The summed E-state index contributed by atoms with van der Waals surface area (Å²) >= 11 is 0. The van der Waals surface area contributed by atoms with E-state index in [-0.39, 0.29) is 11.9 Å². The van der Waals surface area contributed by atoms with Gasteiger partial charge in [-0.05, 0) is 81.1 Å². The summed E-state index contributed by atoms with van der Waals surface area (Å²) in [5.74, 6) is 0.194. The van der Waals surface area contributed by atoms with Gasteiger partial charge in [-0.3, -0.25) is 14.3 Å². The van der Waals surface area contributed by atoms with Gasteiger partial charge in [-0.2, -0.15) is 0 Å². The molecule has 0 saturated carbocycles. The molecule has 10 nitrogen and oxygen atoms in total. The van der Waals surface area contributed by atoms with E-state index in [9.17, 15) is 14.7 Å². The number of hydrogen-bond acceptors (Lipinski definition) is 7. The molecule has 0 unspecified atom stereocenters. The van der Waals surface area contributed by atoms with Crippen molar-refractivity contribution < 1.29 is 19.4 Å². The van der Waals surface area contributed by atoms with E-state index < -0.39 is 5.60 Å². The van der Waals surface area contributed by atoms with Crippen LogP contribution in [-0.2, 0) is 11.3 Å². The molecule has 1 saturated heterocycles. The van der Waals surface area contributed by atoms with E-state index in [0.29, 0.717) is 30.5 Å². The van der Waals surface area contributed by atoms with Crippen molar-refractivity contribution in [2.45, 2.75) is 51.4 Å². The summed E-state index contributed by atoms with van der Waals surface area (Å²) in [6, 6.07) is 19.0. The second-order valence-electron chi connectivity index (χ2n) is 12.0. The molecule has 2 aromatic carbocycles. The van der Waals surface area contributed by atoms with Gasteiger partial charge in [-0.1, -0.05) is 12.1 Å². The summed E-state index contributed by atoms with van der Waals surface area (Å²) < 4.78 is 7.04. The fourth-order valence-corrected chi connectivity index (χ4v) is 5.56. The van der Waals surface area contributed by atoms with Crippen LogP contribution in [0.2, 0.25) is 0 Å².